The van der Waals surface area contributed by atoms with E-state index in [2.05, 4.69) is 29.6 Å². The van der Waals surface area contributed by atoms with Gasteiger partial charge in [-0.05, 0) is 41.5 Å². The smallest absolute Gasteiger partial charge is 0.407 e. The summed E-state index contributed by atoms with van der Waals surface area (Å²) in [4.78, 5) is 24.0. The van der Waals surface area contributed by atoms with Crippen LogP contribution in [0.15, 0.2) is 48.5 Å². The molecule has 0 spiro atoms. The number of hydrogen-bond acceptors (Lipinski definition) is 3. The summed E-state index contributed by atoms with van der Waals surface area (Å²) in [6.45, 7) is 5.80. The van der Waals surface area contributed by atoms with Crippen molar-refractivity contribution < 1.29 is 14.3 Å². The first-order chi connectivity index (χ1) is 12.5. The molecule has 1 amide bonds. The highest BCUT2D eigenvalue weighted by Gasteiger charge is 2.29. The molecular formula is C22H25NO3. The quantitative estimate of drug-likeness (QED) is 0.832. The number of rotatable bonds is 6. The molecule has 0 saturated heterocycles. The van der Waals surface area contributed by atoms with Crippen LogP contribution in [0.3, 0.4) is 0 Å². The summed E-state index contributed by atoms with van der Waals surface area (Å²) in [6.07, 6.45) is 0.0761. The molecule has 0 bridgehead atoms. The molecule has 1 atom stereocenters. The van der Waals surface area contributed by atoms with Crippen molar-refractivity contribution in [2.45, 2.75) is 39.2 Å². The van der Waals surface area contributed by atoms with Crippen LogP contribution in [0, 0.1) is 5.92 Å². The van der Waals surface area contributed by atoms with Crippen molar-refractivity contribution >= 4 is 11.9 Å². The van der Waals surface area contributed by atoms with Crippen LogP contribution < -0.4 is 5.32 Å². The van der Waals surface area contributed by atoms with Crippen molar-refractivity contribution in [1.82, 2.24) is 5.32 Å². The predicted octanol–water partition coefficient (Wildman–Crippen LogP) is 4.53. The molecule has 2 aromatic rings. The second kappa shape index (κ2) is 7.73. The van der Waals surface area contributed by atoms with Gasteiger partial charge in [-0.3, -0.25) is 4.79 Å². The van der Waals surface area contributed by atoms with E-state index in [4.69, 9.17) is 4.74 Å². The molecule has 4 nitrogen and oxygen atoms in total. The molecule has 1 aliphatic carbocycles. The lowest BCUT2D eigenvalue weighted by Gasteiger charge is -2.19. The number of fused-ring (bicyclic) bond motifs is 3. The molecule has 1 N–H and O–H groups in total. The van der Waals surface area contributed by atoms with Gasteiger partial charge in [0.05, 0.1) is 6.04 Å². The number of nitrogens with one attached hydrogen (secondary N) is 1. The third-order valence-corrected chi connectivity index (χ3v) is 4.83. The highest BCUT2D eigenvalue weighted by atomic mass is 16.5. The van der Waals surface area contributed by atoms with E-state index in [0.29, 0.717) is 12.3 Å². The Balaban J connectivity index is 1.70. The summed E-state index contributed by atoms with van der Waals surface area (Å²) in [5.41, 5.74) is 4.73. The molecule has 26 heavy (non-hydrogen) atoms. The van der Waals surface area contributed by atoms with E-state index < -0.39 is 12.1 Å². The van der Waals surface area contributed by atoms with Crippen molar-refractivity contribution in [3.8, 4) is 11.1 Å². The monoisotopic (exact) mass is 351 g/mol. The lowest BCUT2D eigenvalue weighted by atomic mass is 9.98. The first-order valence-corrected chi connectivity index (χ1v) is 9.09. The highest BCUT2D eigenvalue weighted by Crippen LogP contribution is 2.44. The molecule has 4 heteroatoms. The largest absolute Gasteiger partial charge is 0.449 e. The minimum absolute atomic E-state index is 0.0222. The van der Waals surface area contributed by atoms with Crippen LogP contribution in [0.2, 0.25) is 0 Å². The Morgan fingerprint density at radius 3 is 2.04 bits per heavy atom. The van der Waals surface area contributed by atoms with Gasteiger partial charge in [-0.25, -0.2) is 4.79 Å². The zero-order valence-corrected chi connectivity index (χ0v) is 15.5. The van der Waals surface area contributed by atoms with Crippen LogP contribution >= 0.6 is 0 Å². The molecule has 0 heterocycles. The van der Waals surface area contributed by atoms with E-state index in [1.807, 2.05) is 38.1 Å². The molecule has 2 aromatic carbocycles. The van der Waals surface area contributed by atoms with Gasteiger partial charge in [0.2, 0.25) is 0 Å². The topological polar surface area (TPSA) is 55.4 Å². The fraction of sp³-hybridized carbons (Fsp3) is 0.364. The van der Waals surface area contributed by atoms with E-state index in [1.165, 1.54) is 29.2 Å². The van der Waals surface area contributed by atoms with Gasteiger partial charge < -0.3 is 10.1 Å². The van der Waals surface area contributed by atoms with E-state index in [0.717, 1.165) is 0 Å². The summed E-state index contributed by atoms with van der Waals surface area (Å²) in [7, 11) is 0. The fourth-order valence-electron chi connectivity index (χ4n) is 3.58. The summed E-state index contributed by atoms with van der Waals surface area (Å²) in [5.74, 6) is 0.291. The van der Waals surface area contributed by atoms with Crippen LogP contribution in [0.4, 0.5) is 4.79 Å². The number of Topliss-reactive ketones (excluding diaryl/α,β-unsaturated/α-hetero) is 1. The number of carbonyl (C=O) groups is 2. The number of alkyl carbamates (subject to hydrolysis) is 1. The van der Waals surface area contributed by atoms with Crippen LogP contribution in [0.1, 0.15) is 44.2 Å². The number of benzene rings is 2. The molecule has 1 aliphatic rings. The van der Waals surface area contributed by atoms with Crippen molar-refractivity contribution in [1.29, 1.82) is 0 Å². The second-order valence-corrected chi connectivity index (χ2v) is 7.26. The average molecular weight is 351 g/mol. The van der Waals surface area contributed by atoms with Crippen molar-refractivity contribution in [2.24, 2.45) is 5.92 Å². The summed E-state index contributed by atoms with van der Waals surface area (Å²) in [6, 6.07) is 15.9. The number of carbonyl (C=O) groups excluding carboxylic acids is 2. The summed E-state index contributed by atoms with van der Waals surface area (Å²) < 4.78 is 5.50. The Hall–Kier alpha value is -2.62. The van der Waals surface area contributed by atoms with Gasteiger partial charge in [-0.15, -0.1) is 0 Å². The van der Waals surface area contributed by atoms with Gasteiger partial charge in [-0.2, -0.15) is 0 Å². The van der Waals surface area contributed by atoms with Gasteiger partial charge >= 0.3 is 6.09 Å². The number of hydrogen-bond donors (Lipinski definition) is 1. The van der Waals surface area contributed by atoms with E-state index >= 15 is 0 Å². The third kappa shape index (κ3) is 3.79. The lowest BCUT2D eigenvalue weighted by Crippen LogP contribution is -2.41. The molecule has 0 saturated carbocycles. The highest BCUT2D eigenvalue weighted by molar-refractivity contribution is 5.85. The molecule has 0 unspecified atom stereocenters. The maximum absolute atomic E-state index is 12.2. The first kappa shape index (κ1) is 18.2. The Labute approximate surface area is 154 Å². The minimum atomic E-state index is -0.535. The average Bonchev–Trinajstić information content (AvgIpc) is 2.93. The molecule has 136 valence electrons. The van der Waals surface area contributed by atoms with Crippen molar-refractivity contribution in [3.05, 3.63) is 59.7 Å². The van der Waals surface area contributed by atoms with E-state index in [9.17, 15) is 9.59 Å². The summed E-state index contributed by atoms with van der Waals surface area (Å²) in [5, 5.41) is 2.71. The molecule has 0 aliphatic heterocycles. The van der Waals surface area contributed by atoms with Gasteiger partial charge in [0, 0.05) is 5.92 Å². The van der Waals surface area contributed by atoms with Gasteiger partial charge in [0.1, 0.15) is 6.61 Å². The number of amides is 1. The van der Waals surface area contributed by atoms with Crippen LogP contribution in [-0.2, 0) is 9.53 Å². The second-order valence-electron chi connectivity index (χ2n) is 7.26. The van der Waals surface area contributed by atoms with Gasteiger partial charge in [-0.1, -0.05) is 62.4 Å². The van der Waals surface area contributed by atoms with E-state index in [-0.39, 0.29) is 18.3 Å². The fourth-order valence-corrected chi connectivity index (χ4v) is 3.58. The van der Waals surface area contributed by atoms with Crippen LogP contribution in [-0.4, -0.2) is 24.5 Å². The zero-order chi connectivity index (χ0) is 18.7. The Morgan fingerprint density at radius 2 is 1.54 bits per heavy atom. The van der Waals surface area contributed by atoms with Crippen molar-refractivity contribution in [3.63, 3.8) is 0 Å². The van der Waals surface area contributed by atoms with Gasteiger partial charge in [0.15, 0.2) is 5.78 Å². The predicted molar refractivity (Wildman–Crippen MR) is 102 cm³/mol. The third-order valence-electron chi connectivity index (χ3n) is 4.83. The minimum Gasteiger partial charge on any atom is -0.449 e. The normalized spacial score (nSPS) is 13.8. The molecule has 3 rings (SSSR count). The molecule has 0 aromatic heterocycles. The Kier molecular flexibility index (Phi) is 5.40. The van der Waals surface area contributed by atoms with Crippen molar-refractivity contribution in [2.75, 3.05) is 6.61 Å². The lowest BCUT2D eigenvalue weighted by molar-refractivity contribution is -0.119. The Bertz CT molecular complexity index is 767. The van der Waals surface area contributed by atoms with E-state index in [1.54, 1.807) is 0 Å². The zero-order valence-electron chi connectivity index (χ0n) is 15.5. The first-order valence-electron chi connectivity index (χ1n) is 9.09. The number of ether oxygens (including phenoxy) is 1. The molecule has 0 radical (unpaired) electrons. The summed E-state index contributed by atoms with van der Waals surface area (Å²) >= 11 is 0. The maximum Gasteiger partial charge on any atom is 0.407 e. The van der Waals surface area contributed by atoms with Crippen LogP contribution in [0.25, 0.3) is 11.1 Å². The van der Waals surface area contributed by atoms with Gasteiger partial charge in [0.25, 0.3) is 0 Å². The maximum atomic E-state index is 12.2. The SMILES string of the molecule is CC(=O)[C@H](CC(C)C)NC(=O)OCC1c2ccccc2-c2ccccc21. The number of ketones is 1. The molecular weight excluding hydrogens is 326 g/mol. The standard InChI is InChI=1S/C22H25NO3/c1-14(2)12-21(15(3)24)23-22(25)26-13-20-18-10-6-4-8-16(18)17-9-5-7-11-19(17)20/h4-11,14,20-21H,12-13H2,1-3H3,(H,23,25)/t21-/m0/s1. The molecule has 0 fully saturated rings. The Morgan fingerprint density at radius 1 is 1.00 bits per heavy atom. The van der Waals surface area contributed by atoms with Crippen LogP contribution in [0.5, 0.6) is 0 Å².